The van der Waals surface area contributed by atoms with Crippen molar-refractivity contribution in [2.75, 3.05) is 5.32 Å². The lowest BCUT2D eigenvalue weighted by atomic mass is 10.0. The summed E-state index contributed by atoms with van der Waals surface area (Å²) in [6, 6.07) is 21.8. The third-order valence-electron chi connectivity index (χ3n) is 4.12. The van der Waals surface area contributed by atoms with Crippen molar-refractivity contribution in [3.8, 4) is 6.07 Å². The van der Waals surface area contributed by atoms with Gasteiger partial charge in [-0.05, 0) is 35.9 Å². The number of anilines is 1. The molecule has 0 aliphatic heterocycles. The number of rotatable bonds is 5. The molecule has 2 amide bonds. The summed E-state index contributed by atoms with van der Waals surface area (Å²) in [7, 11) is 0. The SMILES string of the molecule is CC(CC(=O)Nc1ccccc1C#N)=NNC(=O)c1cccc2ccccc12. The Bertz CT molecular complexity index is 1110. The zero-order valence-corrected chi connectivity index (χ0v) is 15.3. The number of hydrogen-bond acceptors (Lipinski definition) is 4. The molecule has 6 heteroatoms. The Morgan fingerprint density at radius 3 is 2.54 bits per heavy atom. The molecule has 0 aromatic heterocycles. The van der Waals surface area contributed by atoms with Crippen LogP contribution < -0.4 is 10.7 Å². The van der Waals surface area contributed by atoms with Crippen LogP contribution in [0.3, 0.4) is 0 Å². The van der Waals surface area contributed by atoms with E-state index in [0.717, 1.165) is 10.8 Å². The van der Waals surface area contributed by atoms with Crippen LogP contribution in [0.25, 0.3) is 10.8 Å². The van der Waals surface area contributed by atoms with Crippen molar-refractivity contribution < 1.29 is 9.59 Å². The van der Waals surface area contributed by atoms with Crippen molar-refractivity contribution in [2.24, 2.45) is 5.10 Å². The van der Waals surface area contributed by atoms with Gasteiger partial charge in [0.25, 0.3) is 5.91 Å². The van der Waals surface area contributed by atoms with Crippen LogP contribution in [-0.2, 0) is 4.79 Å². The molecule has 0 aliphatic carbocycles. The summed E-state index contributed by atoms with van der Waals surface area (Å²) >= 11 is 0. The molecule has 138 valence electrons. The number of hydrogen-bond donors (Lipinski definition) is 2. The van der Waals surface area contributed by atoms with Crippen molar-refractivity contribution in [3.05, 3.63) is 77.9 Å². The molecular formula is C22H18N4O2. The van der Waals surface area contributed by atoms with E-state index in [9.17, 15) is 9.59 Å². The molecule has 28 heavy (non-hydrogen) atoms. The third-order valence-corrected chi connectivity index (χ3v) is 4.12. The van der Waals surface area contributed by atoms with Gasteiger partial charge in [0.2, 0.25) is 5.91 Å². The Morgan fingerprint density at radius 1 is 1.00 bits per heavy atom. The summed E-state index contributed by atoms with van der Waals surface area (Å²) in [5, 5.41) is 17.6. The summed E-state index contributed by atoms with van der Waals surface area (Å²) in [4.78, 5) is 24.6. The number of carbonyl (C=O) groups excluding carboxylic acids is 2. The first-order valence-electron chi connectivity index (χ1n) is 8.68. The van der Waals surface area contributed by atoms with Crippen LogP contribution in [0.4, 0.5) is 5.69 Å². The van der Waals surface area contributed by atoms with E-state index in [1.54, 1.807) is 37.3 Å². The molecule has 3 rings (SSSR count). The van der Waals surface area contributed by atoms with Crippen LogP contribution in [0, 0.1) is 11.3 Å². The molecule has 0 bridgehead atoms. The average Bonchev–Trinajstić information content (AvgIpc) is 2.72. The molecule has 0 saturated heterocycles. The maximum absolute atomic E-state index is 12.5. The van der Waals surface area contributed by atoms with Crippen LogP contribution in [0.15, 0.2) is 71.8 Å². The minimum absolute atomic E-state index is 0.00438. The highest BCUT2D eigenvalue weighted by Crippen LogP contribution is 2.18. The van der Waals surface area contributed by atoms with Gasteiger partial charge in [0.1, 0.15) is 6.07 Å². The lowest BCUT2D eigenvalue weighted by molar-refractivity contribution is -0.115. The number of nitrogens with zero attached hydrogens (tertiary/aromatic N) is 2. The molecule has 0 atom stereocenters. The molecule has 0 spiro atoms. The van der Waals surface area contributed by atoms with Crippen LogP contribution >= 0.6 is 0 Å². The van der Waals surface area contributed by atoms with Crippen molar-refractivity contribution in [1.29, 1.82) is 5.26 Å². The zero-order valence-electron chi connectivity index (χ0n) is 15.3. The molecule has 0 aliphatic rings. The number of nitriles is 1. The van der Waals surface area contributed by atoms with E-state index in [-0.39, 0.29) is 18.2 Å². The van der Waals surface area contributed by atoms with Crippen LogP contribution in [0.2, 0.25) is 0 Å². The number of fused-ring (bicyclic) bond motifs is 1. The van der Waals surface area contributed by atoms with Crippen molar-refractivity contribution >= 4 is 34.0 Å². The lowest BCUT2D eigenvalue weighted by Crippen LogP contribution is -2.21. The number of para-hydroxylation sites is 1. The normalized spacial score (nSPS) is 10.9. The highest BCUT2D eigenvalue weighted by Gasteiger charge is 2.11. The second kappa shape index (κ2) is 8.60. The predicted molar refractivity (Wildman–Crippen MR) is 109 cm³/mol. The molecule has 3 aromatic carbocycles. The van der Waals surface area contributed by atoms with Gasteiger partial charge >= 0.3 is 0 Å². The number of benzene rings is 3. The maximum Gasteiger partial charge on any atom is 0.271 e. The molecule has 6 nitrogen and oxygen atoms in total. The molecular weight excluding hydrogens is 352 g/mol. The zero-order chi connectivity index (χ0) is 19.9. The second-order valence-corrected chi connectivity index (χ2v) is 6.20. The smallest absolute Gasteiger partial charge is 0.271 e. The van der Waals surface area contributed by atoms with Gasteiger partial charge in [-0.1, -0.05) is 48.5 Å². The number of carbonyl (C=O) groups is 2. The van der Waals surface area contributed by atoms with E-state index in [1.807, 2.05) is 42.5 Å². The highest BCUT2D eigenvalue weighted by molar-refractivity contribution is 6.09. The van der Waals surface area contributed by atoms with E-state index in [1.165, 1.54) is 0 Å². The Kier molecular flexibility index (Phi) is 5.78. The number of hydrazone groups is 1. The molecule has 0 heterocycles. The topological polar surface area (TPSA) is 94.3 Å². The largest absolute Gasteiger partial charge is 0.325 e. The molecule has 0 radical (unpaired) electrons. The summed E-state index contributed by atoms with van der Waals surface area (Å²) in [6.45, 7) is 1.65. The van der Waals surface area contributed by atoms with E-state index in [0.29, 0.717) is 22.5 Å². The lowest BCUT2D eigenvalue weighted by Gasteiger charge is -2.08. The molecule has 2 N–H and O–H groups in total. The van der Waals surface area contributed by atoms with Crippen molar-refractivity contribution in [2.45, 2.75) is 13.3 Å². The summed E-state index contributed by atoms with van der Waals surface area (Å²) in [5.74, 6) is -0.658. The predicted octanol–water partition coefficient (Wildman–Crippen LogP) is 3.85. The second-order valence-electron chi connectivity index (χ2n) is 6.20. The van der Waals surface area contributed by atoms with Gasteiger partial charge in [-0.15, -0.1) is 0 Å². The summed E-state index contributed by atoms with van der Waals surface area (Å²) in [5.41, 5.74) is 4.29. The van der Waals surface area contributed by atoms with Crippen LogP contribution in [0.1, 0.15) is 29.3 Å². The van der Waals surface area contributed by atoms with Gasteiger partial charge < -0.3 is 5.32 Å². The van der Waals surface area contributed by atoms with E-state index in [4.69, 9.17) is 5.26 Å². The molecule has 3 aromatic rings. The van der Waals surface area contributed by atoms with Gasteiger partial charge in [-0.2, -0.15) is 10.4 Å². The standard InChI is InChI=1S/C22H18N4O2/c1-15(13-21(27)24-20-12-5-3-8-17(20)14-23)25-26-22(28)19-11-6-9-16-7-2-4-10-18(16)19/h2-12H,13H2,1H3,(H,24,27)(H,26,28). The minimum Gasteiger partial charge on any atom is -0.325 e. The van der Waals surface area contributed by atoms with Crippen molar-refractivity contribution in [3.63, 3.8) is 0 Å². The number of amides is 2. The fraction of sp³-hybridized carbons (Fsp3) is 0.0909. The van der Waals surface area contributed by atoms with Crippen LogP contribution in [0.5, 0.6) is 0 Å². The number of nitrogens with one attached hydrogen (secondary N) is 2. The quantitative estimate of drug-likeness (QED) is 0.528. The van der Waals surface area contributed by atoms with Gasteiger partial charge in [0, 0.05) is 11.3 Å². The average molecular weight is 370 g/mol. The Morgan fingerprint density at radius 2 is 1.71 bits per heavy atom. The molecule has 0 saturated carbocycles. The van der Waals surface area contributed by atoms with Crippen molar-refractivity contribution in [1.82, 2.24) is 5.43 Å². The molecule has 0 unspecified atom stereocenters. The fourth-order valence-electron chi connectivity index (χ4n) is 2.79. The van der Waals surface area contributed by atoms with Gasteiger partial charge in [-0.25, -0.2) is 5.43 Å². The van der Waals surface area contributed by atoms with Gasteiger partial charge in [-0.3, -0.25) is 9.59 Å². The van der Waals surface area contributed by atoms with E-state index < -0.39 is 0 Å². The van der Waals surface area contributed by atoms with E-state index >= 15 is 0 Å². The molecule has 0 fully saturated rings. The highest BCUT2D eigenvalue weighted by atomic mass is 16.2. The Hall–Kier alpha value is -3.98. The fourth-order valence-corrected chi connectivity index (χ4v) is 2.79. The summed E-state index contributed by atoms with van der Waals surface area (Å²) in [6.07, 6.45) is -0.00438. The first-order valence-corrected chi connectivity index (χ1v) is 8.68. The minimum atomic E-state index is -0.341. The summed E-state index contributed by atoms with van der Waals surface area (Å²) < 4.78 is 0. The van der Waals surface area contributed by atoms with E-state index in [2.05, 4.69) is 15.8 Å². The monoisotopic (exact) mass is 370 g/mol. The third kappa shape index (κ3) is 4.40. The Labute approximate surface area is 162 Å². The first kappa shape index (κ1) is 18.8. The maximum atomic E-state index is 12.5. The first-order chi connectivity index (χ1) is 13.6. The Balaban J connectivity index is 1.64. The van der Waals surface area contributed by atoms with Gasteiger partial charge in [0.05, 0.1) is 17.7 Å². The van der Waals surface area contributed by atoms with Gasteiger partial charge in [0.15, 0.2) is 0 Å². The van der Waals surface area contributed by atoms with Crippen LogP contribution in [-0.4, -0.2) is 17.5 Å².